The molecule has 2 aliphatic rings. The van der Waals surface area contributed by atoms with E-state index < -0.39 is 18.0 Å². The van der Waals surface area contributed by atoms with Crippen molar-refractivity contribution in [2.45, 2.75) is 43.7 Å². The highest BCUT2D eigenvalue weighted by molar-refractivity contribution is 6.30. The normalized spacial score (nSPS) is 19.3. The Bertz CT molecular complexity index is 1530. The lowest BCUT2D eigenvalue weighted by atomic mass is 9.72. The zero-order valence-corrected chi connectivity index (χ0v) is 20.1. The molecule has 4 aromatic rings. The fourth-order valence-electron chi connectivity index (χ4n) is 5.25. The van der Waals surface area contributed by atoms with Crippen LogP contribution in [-0.4, -0.2) is 36.4 Å². The molecule has 1 aromatic carbocycles. The van der Waals surface area contributed by atoms with Crippen molar-refractivity contribution in [2.24, 2.45) is 5.92 Å². The first kappa shape index (κ1) is 23.7. The molecule has 0 bridgehead atoms. The number of anilines is 2. The van der Waals surface area contributed by atoms with E-state index in [9.17, 15) is 18.0 Å². The third-order valence-electron chi connectivity index (χ3n) is 6.96. The summed E-state index contributed by atoms with van der Waals surface area (Å²) in [7, 11) is 0. The van der Waals surface area contributed by atoms with Crippen molar-refractivity contribution < 1.29 is 18.0 Å². The number of nitrogens with two attached hydrogens (primary N) is 1. The van der Waals surface area contributed by atoms with Crippen LogP contribution in [0.5, 0.6) is 0 Å². The lowest BCUT2D eigenvalue weighted by Gasteiger charge is -2.28. The first-order valence-corrected chi connectivity index (χ1v) is 12.2. The zero-order valence-electron chi connectivity index (χ0n) is 19.4. The number of imidazole rings is 1. The average molecular weight is 528 g/mol. The van der Waals surface area contributed by atoms with E-state index in [0.29, 0.717) is 33.4 Å². The lowest BCUT2D eigenvalue weighted by molar-refractivity contribution is -0.135. The smallest absolute Gasteiger partial charge is 0.383 e. The molecule has 0 saturated heterocycles. The molecule has 3 aromatic heterocycles. The van der Waals surface area contributed by atoms with Gasteiger partial charge in [-0.05, 0) is 49.3 Å². The largest absolute Gasteiger partial charge is 0.389 e. The van der Waals surface area contributed by atoms with Gasteiger partial charge in [-0.15, -0.1) is 0 Å². The van der Waals surface area contributed by atoms with Gasteiger partial charge in [-0.3, -0.25) is 4.79 Å². The van der Waals surface area contributed by atoms with E-state index in [-0.39, 0.29) is 36.3 Å². The summed E-state index contributed by atoms with van der Waals surface area (Å²) in [5.41, 5.74) is 7.94. The first-order chi connectivity index (χ1) is 17.7. The third-order valence-corrected chi connectivity index (χ3v) is 7.21. The van der Waals surface area contributed by atoms with Crippen LogP contribution in [0, 0.1) is 5.92 Å². The van der Waals surface area contributed by atoms with E-state index in [0.717, 1.165) is 18.4 Å². The maximum atomic E-state index is 13.5. The van der Waals surface area contributed by atoms with Crippen molar-refractivity contribution >= 4 is 34.8 Å². The minimum Gasteiger partial charge on any atom is -0.383 e. The van der Waals surface area contributed by atoms with Gasteiger partial charge < -0.3 is 15.5 Å². The number of aromatic nitrogens is 5. The molecule has 8 nitrogen and oxygen atoms in total. The predicted molar refractivity (Wildman–Crippen MR) is 131 cm³/mol. The number of halogens is 4. The summed E-state index contributed by atoms with van der Waals surface area (Å²) in [5, 5.41) is 3.45. The standard InChI is InChI=1S/C25H21ClF3N7O/c26-15-7-5-14(6-8-15)25(13-3-4-13)18-19(30)33-20(34-21(18)35-23(25)37)17-12-36-11-10-31-22(36)16(32-17)2-1-9-24(27,28)29/h5-8,10-13H,1-4,9H2,(H3,30,33,34,35,37). The highest BCUT2D eigenvalue weighted by Crippen LogP contribution is 2.57. The number of nitrogens with one attached hydrogen (secondary N) is 1. The molecule has 1 unspecified atom stereocenters. The summed E-state index contributed by atoms with van der Waals surface area (Å²) in [5.74, 6) is 0.433. The highest BCUT2D eigenvalue weighted by Gasteiger charge is 2.59. The van der Waals surface area contributed by atoms with E-state index in [4.69, 9.17) is 17.3 Å². The molecule has 1 saturated carbocycles. The van der Waals surface area contributed by atoms with Gasteiger partial charge in [-0.2, -0.15) is 13.2 Å². The number of carbonyl (C=O) groups excluding carboxylic acids is 1. The van der Waals surface area contributed by atoms with Crippen LogP contribution >= 0.6 is 11.6 Å². The van der Waals surface area contributed by atoms with Crippen molar-refractivity contribution in [3.05, 3.63) is 64.7 Å². The fourth-order valence-corrected chi connectivity index (χ4v) is 5.38. The number of benzene rings is 1. The Balaban J connectivity index is 1.43. The average Bonchev–Trinajstić information content (AvgIpc) is 3.49. The second-order valence-electron chi connectivity index (χ2n) is 9.40. The molecule has 37 heavy (non-hydrogen) atoms. The summed E-state index contributed by atoms with van der Waals surface area (Å²) < 4.78 is 39.8. The van der Waals surface area contributed by atoms with E-state index >= 15 is 0 Å². The molecule has 1 fully saturated rings. The SMILES string of the molecule is Nc1nc(-c2cn3ccnc3c(CCCC(F)(F)F)n2)nc2c1C(c1ccc(Cl)cc1)(C1CC1)C(=O)N2. The second kappa shape index (κ2) is 8.41. The molecular formula is C25H21ClF3N7O. The topological polar surface area (TPSA) is 111 Å². The fraction of sp³-hybridized carbons (Fsp3) is 0.320. The second-order valence-corrected chi connectivity index (χ2v) is 9.84. The molecule has 3 N–H and O–H groups in total. The number of carbonyl (C=O) groups is 1. The number of nitrogen functional groups attached to an aromatic ring is 1. The third kappa shape index (κ3) is 3.97. The molecule has 1 atom stereocenters. The Morgan fingerprint density at radius 3 is 2.62 bits per heavy atom. The van der Waals surface area contributed by atoms with Gasteiger partial charge in [0.2, 0.25) is 5.91 Å². The van der Waals surface area contributed by atoms with Gasteiger partial charge >= 0.3 is 6.18 Å². The van der Waals surface area contributed by atoms with Crippen LogP contribution in [0.25, 0.3) is 17.2 Å². The number of nitrogens with zero attached hydrogens (tertiary/aromatic N) is 5. The summed E-state index contributed by atoms with van der Waals surface area (Å²) in [6.07, 6.45) is 1.34. The summed E-state index contributed by atoms with van der Waals surface area (Å²) in [6, 6.07) is 7.12. The van der Waals surface area contributed by atoms with Crippen LogP contribution in [0.3, 0.4) is 0 Å². The quantitative estimate of drug-likeness (QED) is 0.367. The monoisotopic (exact) mass is 527 g/mol. The number of aryl methyl sites for hydroxylation is 1. The van der Waals surface area contributed by atoms with Crippen LogP contribution in [0.15, 0.2) is 42.9 Å². The van der Waals surface area contributed by atoms with Crippen molar-refractivity contribution in [3.8, 4) is 11.5 Å². The minimum atomic E-state index is -4.25. The lowest BCUT2D eigenvalue weighted by Crippen LogP contribution is -2.38. The molecule has 0 spiro atoms. The number of alkyl halides is 3. The Labute approximate surface area is 214 Å². The van der Waals surface area contributed by atoms with E-state index in [1.165, 1.54) is 0 Å². The Morgan fingerprint density at radius 2 is 1.92 bits per heavy atom. The van der Waals surface area contributed by atoms with Gasteiger partial charge in [0.25, 0.3) is 0 Å². The van der Waals surface area contributed by atoms with E-state index in [1.807, 2.05) is 12.1 Å². The van der Waals surface area contributed by atoms with Crippen LogP contribution in [-0.2, 0) is 16.6 Å². The molecule has 190 valence electrons. The molecule has 1 aliphatic heterocycles. The number of hydrogen-bond acceptors (Lipinski definition) is 6. The van der Waals surface area contributed by atoms with Gasteiger partial charge in [0.1, 0.15) is 22.7 Å². The molecule has 6 rings (SSSR count). The van der Waals surface area contributed by atoms with Crippen LogP contribution < -0.4 is 11.1 Å². The Hall–Kier alpha value is -3.73. The predicted octanol–water partition coefficient (Wildman–Crippen LogP) is 4.96. The molecule has 0 radical (unpaired) electrons. The van der Waals surface area contributed by atoms with Gasteiger partial charge in [0.05, 0.1) is 11.3 Å². The molecule has 1 aliphatic carbocycles. The van der Waals surface area contributed by atoms with Crippen LogP contribution in [0.1, 0.15) is 42.5 Å². The maximum Gasteiger partial charge on any atom is 0.389 e. The van der Waals surface area contributed by atoms with Crippen molar-refractivity contribution in [1.82, 2.24) is 24.3 Å². The van der Waals surface area contributed by atoms with Gasteiger partial charge in [0, 0.05) is 30.0 Å². The number of hydrogen-bond donors (Lipinski definition) is 2. The zero-order chi connectivity index (χ0) is 25.9. The maximum absolute atomic E-state index is 13.5. The van der Waals surface area contributed by atoms with Crippen LogP contribution in [0.2, 0.25) is 5.02 Å². The molecular weight excluding hydrogens is 507 g/mol. The van der Waals surface area contributed by atoms with Gasteiger partial charge in [0.15, 0.2) is 11.5 Å². The number of amides is 1. The first-order valence-electron chi connectivity index (χ1n) is 11.8. The molecule has 4 heterocycles. The van der Waals surface area contributed by atoms with Crippen molar-refractivity contribution in [1.29, 1.82) is 0 Å². The molecule has 1 amide bonds. The summed E-state index contributed by atoms with van der Waals surface area (Å²) in [6.45, 7) is 0. The minimum absolute atomic E-state index is 0.0485. The van der Waals surface area contributed by atoms with E-state index in [1.54, 1.807) is 35.1 Å². The Kier molecular flexibility index (Phi) is 5.37. The molecule has 12 heteroatoms. The van der Waals surface area contributed by atoms with Crippen molar-refractivity contribution in [2.75, 3.05) is 11.1 Å². The van der Waals surface area contributed by atoms with Gasteiger partial charge in [-0.1, -0.05) is 23.7 Å². The van der Waals surface area contributed by atoms with Gasteiger partial charge in [-0.25, -0.2) is 19.9 Å². The Morgan fingerprint density at radius 1 is 1.16 bits per heavy atom. The number of fused-ring (bicyclic) bond motifs is 2. The van der Waals surface area contributed by atoms with E-state index in [2.05, 4.69) is 25.3 Å². The number of rotatable bonds is 6. The highest BCUT2D eigenvalue weighted by atomic mass is 35.5. The summed E-state index contributed by atoms with van der Waals surface area (Å²) in [4.78, 5) is 31.4. The van der Waals surface area contributed by atoms with Crippen LogP contribution in [0.4, 0.5) is 24.8 Å². The summed E-state index contributed by atoms with van der Waals surface area (Å²) >= 11 is 6.10. The van der Waals surface area contributed by atoms with Crippen molar-refractivity contribution in [3.63, 3.8) is 0 Å².